The Kier molecular flexibility index (Phi) is 4.02. The second-order valence-electron chi connectivity index (χ2n) is 2.12. The fraction of sp³-hybridized carbons (Fsp3) is 0.667. The predicted molar refractivity (Wildman–Crippen MR) is 35.4 cm³/mol. The summed E-state index contributed by atoms with van der Waals surface area (Å²) in [4.78, 5) is 18.8. The van der Waals surface area contributed by atoms with E-state index < -0.39 is 6.16 Å². The first-order valence-electron chi connectivity index (χ1n) is 3.13. The van der Waals surface area contributed by atoms with Crippen LogP contribution in [0.5, 0.6) is 0 Å². The third-order valence-corrected chi connectivity index (χ3v) is 1.09. The van der Waals surface area contributed by atoms with E-state index in [0.717, 1.165) is 6.42 Å². The quantitative estimate of drug-likeness (QED) is 0.517. The van der Waals surface area contributed by atoms with Crippen LogP contribution >= 0.6 is 0 Å². The number of rotatable bonds is 0. The molecular formula is C6H10O5. The minimum Gasteiger partial charge on any atom is -0.463 e. The second-order valence-corrected chi connectivity index (χ2v) is 2.12. The van der Waals surface area contributed by atoms with Crippen molar-refractivity contribution in [2.24, 2.45) is 0 Å². The molecule has 5 heteroatoms. The van der Waals surface area contributed by atoms with E-state index in [0.29, 0.717) is 6.42 Å². The first-order valence-corrected chi connectivity index (χ1v) is 3.13. The molecular weight excluding hydrogens is 152 g/mol. The maximum Gasteiger partial charge on any atom is 0.503 e. The molecule has 0 bridgehead atoms. The van der Waals surface area contributed by atoms with E-state index in [1.165, 1.54) is 0 Å². The lowest BCUT2D eigenvalue weighted by Crippen LogP contribution is -1.98. The molecule has 5 nitrogen and oxygen atoms in total. The van der Waals surface area contributed by atoms with Crippen molar-refractivity contribution >= 4 is 12.1 Å². The topological polar surface area (TPSA) is 83.8 Å². The van der Waals surface area contributed by atoms with E-state index in [4.69, 9.17) is 19.7 Å². The van der Waals surface area contributed by atoms with Crippen LogP contribution in [0.2, 0.25) is 0 Å². The fourth-order valence-electron chi connectivity index (χ4n) is 0.663. The summed E-state index contributed by atoms with van der Waals surface area (Å²) in [6.45, 7) is 1.91. The number of hydrogen-bond donors (Lipinski definition) is 2. The van der Waals surface area contributed by atoms with Gasteiger partial charge < -0.3 is 14.9 Å². The van der Waals surface area contributed by atoms with Crippen LogP contribution in [0.25, 0.3) is 0 Å². The van der Waals surface area contributed by atoms with Gasteiger partial charge in [-0.1, -0.05) is 0 Å². The molecule has 0 aliphatic carbocycles. The van der Waals surface area contributed by atoms with Crippen molar-refractivity contribution in [1.29, 1.82) is 0 Å². The summed E-state index contributed by atoms with van der Waals surface area (Å²) in [5, 5.41) is 13.9. The van der Waals surface area contributed by atoms with Gasteiger partial charge in [0.15, 0.2) is 0 Å². The second kappa shape index (κ2) is 4.54. The number of esters is 1. The van der Waals surface area contributed by atoms with Crippen molar-refractivity contribution < 1.29 is 24.5 Å². The molecule has 11 heavy (non-hydrogen) atoms. The van der Waals surface area contributed by atoms with Gasteiger partial charge in [-0.15, -0.1) is 0 Å². The third kappa shape index (κ3) is 6.63. The van der Waals surface area contributed by atoms with Gasteiger partial charge in [0.05, 0.1) is 6.10 Å². The van der Waals surface area contributed by atoms with Crippen molar-refractivity contribution in [2.75, 3.05) is 0 Å². The van der Waals surface area contributed by atoms with Gasteiger partial charge in [-0.2, -0.15) is 0 Å². The van der Waals surface area contributed by atoms with Crippen molar-refractivity contribution in [3.8, 4) is 0 Å². The number of hydrogen-bond acceptors (Lipinski definition) is 3. The maximum atomic E-state index is 10.2. The molecule has 0 radical (unpaired) electrons. The standard InChI is InChI=1S/C5H8O2.CH2O3/c1-4-2-3-5(6)7-4;2-1(3)4/h4H,2-3H2,1H3;(H2,2,3,4). The molecule has 1 heterocycles. The number of carboxylic acid groups (broad SMARTS) is 2. The van der Waals surface area contributed by atoms with Crippen LogP contribution < -0.4 is 0 Å². The molecule has 1 aliphatic heterocycles. The first kappa shape index (κ1) is 9.74. The van der Waals surface area contributed by atoms with Crippen molar-refractivity contribution in [2.45, 2.75) is 25.9 Å². The van der Waals surface area contributed by atoms with Gasteiger partial charge in [0, 0.05) is 6.42 Å². The normalized spacial score (nSPS) is 21.5. The predicted octanol–water partition coefficient (Wildman–Crippen LogP) is 0.934. The number of carbonyl (C=O) groups excluding carboxylic acids is 1. The number of carbonyl (C=O) groups is 2. The highest BCUT2D eigenvalue weighted by atomic mass is 16.6. The summed E-state index contributed by atoms with van der Waals surface area (Å²) in [5.41, 5.74) is 0. The first-order chi connectivity index (χ1) is 5.02. The van der Waals surface area contributed by atoms with E-state index in [1.54, 1.807) is 0 Å². The van der Waals surface area contributed by atoms with Crippen LogP contribution in [0.1, 0.15) is 19.8 Å². The van der Waals surface area contributed by atoms with Crippen molar-refractivity contribution in [1.82, 2.24) is 0 Å². The summed E-state index contributed by atoms with van der Waals surface area (Å²) in [7, 11) is 0. The van der Waals surface area contributed by atoms with Gasteiger partial charge in [0.1, 0.15) is 0 Å². The van der Waals surface area contributed by atoms with E-state index in [2.05, 4.69) is 0 Å². The zero-order chi connectivity index (χ0) is 8.85. The summed E-state index contributed by atoms with van der Waals surface area (Å²) in [6.07, 6.45) is -0.146. The lowest BCUT2D eigenvalue weighted by Gasteiger charge is -1.95. The SMILES string of the molecule is CC1CCC(=O)O1.O=C(O)O. The minimum absolute atomic E-state index is 0.0486. The molecule has 1 saturated heterocycles. The van der Waals surface area contributed by atoms with Gasteiger partial charge in [-0.05, 0) is 13.3 Å². The highest BCUT2D eigenvalue weighted by Crippen LogP contribution is 2.11. The maximum absolute atomic E-state index is 10.2. The summed E-state index contributed by atoms with van der Waals surface area (Å²) in [6, 6.07) is 0. The van der Waals surface area contributed by atoms with Crippen LogP contribution in [-0.2, 0) is 9.53 Å². The average Bonchev–Trinajstić information content (AvgIpc) is 2.13. The van der Waals surface area contributed by atoms with E-state index in [1.807, 2.05) is 6.92 Å². The Labute approximate surface area is 63.6 Å². The van der Waals surface area contributed by atoms with Gasteiger partial charge >= 0.3 is 12.1 Å². The monoisotopic (exact) mass is 162 g/mol. The molecule has 64 valence electrons. The molecule has 2 N–H and O–H groups in total. The van der Waals surface area contributed by atoms with Crippen LogP contribution in [-0.4, -0.2) is 28.4 Å². The van der Waals surface area contributed by atoms with E-state index >= 15 is 0 Å². The largest absolute Gasteiger partial charge is 0.503 e. The molecule has 1 atom stereocenters. The summed E-state index contributed by atoms with van der Waals surface area (Å²) >= 11 is 0. The fourth-order valence-corrected chi connectivity index (χ4v) is 0.663. The van der Waals surface area contributed by atoms with Gasteiger partial charge in [0.25, 0.3) is 0 Å². The molecule has 1 rings (SSSR count). The van der Waals surface area contributed by atoms with Crippen LogP contribution in [0, 0.1) is 0 Å². The van der Waals surface area contributed by atoms with Crippen molar-refractivity contribution in [3.63, 3.8) is 0 Å². The number of ether oxygens (including phenoxy) is 1. The van der Waals surface area contributed by atoms with Gasteiger partial charge in [-0.3, -0.25) is 4.79 Å². The Balaban J connectivity index is 0.000000218. The molecule has 1 aliphatic rings. The Hall–Kier alpha value is -1.26. The van der Waals surface area contributed by atoms with Crippen molar-refractivity contribution in [3.05, 3.63) is 0 Å². The van der Waals surface area contributed by atoms with Crippen LogP contribution in [0.15, 0.2) is 0 Å². The van der Waals surface area contributed by atoms with Gasteiger partial charge in [-0.25, -0.2) is 4.79 Å². The van der Waals surface area contributed by atoms with Gasteiger partial charge in [0.2, 0.25) is 0 Å². The molecule has 0 amide bonds. The lowest BCUT2D eigenvalue weighted by atomic mass is 10.3. The zero-order valence-corrected chi connectivity index (χ0v) is 6.11. The molecule has 1 unspecified atom stereocenters. The number of cyclic esters (lactones) is 1. The highest BCUT2D eigenvalue weighted by molar-refractivity contribution is 5.71. The molecule has 0 aromatic carbocycles. The average molecular weight is 162 g/mol. The zero-order valence-electron chi connectivity index (χ0n) is 6.11. The molecule has 0 spiro atoms. The summed E-state index contributed by atoms with van der Waals surface area (Å²) < 4.78 is 4.72. The third-order valence-electron chi connectivity index (χ3n) is 1.09. The molecule has 0 aromatic heterocycles. The Bertz CT molecular complexity index is 149. The van der Waals surface area contributed by atoms with Crippen LogP contribution in [0.3, 0.4) is 0 Å². The Morgan fingerprint density at radius 1 is 1.64 bits per heavy atom. The smallest absolute Gasteiger partial charge is 0.463 e. The van der Waals surface area contributed by atoms with E-state index in [-0.39, 0.29) is 12.1 Å². The Morgan fingerprint density at radius 2 is 2.09 bits per heavy atom. The van der Waals surface area contributed by atoms with E-state index in [9.17, 15) is 4.79 Å². The minimum atomic E-state index is -1.83. The lowest BCUT2D eigenvalue weighted by molar-refractivity contribution is -0.140. The highest BCUT2D eigenvalue weighted by Gasteiger charge is 2.17. The molecule has 0 saturated carbocycles. The molecule has 0 aromatic rings. The molecule has 1 fully saturated rings. The Morgan fingerprint density at radius 3 is 2.18 bits per heavy atom. The van der Waals surface area contributed by atoms with Crippen LogP contribution in [0.4, 0.5) is 4.79 Å². The summed E-state index contributed by atoms with van der Waals surface area (Å²) in [5.74, 6) is -0.0486.